The molecule has 1 N–H and O–H groups in total. The number of aryl methyl sites for hydroxylation is 1. The molecular weight excluding hydrogens is 340 g/mol. The molecule has 1 unspecified atom stereocenters. The van der Waals surface area contributed by atoms with Crippen LogP contribution in [0.3, 0.4) is 0 Å². The molecule has 134 valence electrons. The van der Waals surface area contributed by atoms with Gasteiger partial charge in [-0.25, -0.2) is 9.97 Å². The first-order valence-corrected chi connectivity index (χ1v) is 8.86. The van der Waals surface area contributed by atoms with E-state index in [0.717, 1.165) is 34.4 Å². The lowest BCUT2D eigenvalue weighted by Crippen LogP contribution is -2.40. The molecule has 4 aromatic rings. The number of nitrogens with one attached hydrogen (secondary N) is 1. The Kier molecular flexibility index (Phi) is 3.53. The third-order valence-corrected chi connectivity index (χ3v) is 5.16. The number of amides is 1. The molecule has 1 aliphatic heterocycles. The molecule has 0 bridgehead atoms. The number of pyridine rings is 1. The SMILES string of the molecule is Cn1cnc2cc(C(=O)N3CCc4[nH]cnc4C3c3cccnc3)ccc21. The van der Waals surface area contributed by atoms with Crippen LogP contribution in [0.1, 0.15) is 33.4 Å². The van der Waals surface area contributed by atoms with Gasteiger partial charge in [0, 0.05) is 43.7 Å². The van der Waals surface area contributed by atoms with E-state index in [4.69, 9.17) is 0 Å². The number of aromatic amines is 1. The van der Waals surface area contributed by atoms with Gasteiger partial charge in [-0.2, -0.15) is 0 Å². The highest BCUT2D eigenvalue weighted by Gasteiger charge is 2.34. The zero-order chi connectivity index (χ0) is 18.4. The highest BCUT2D eigenvalue weighted by atomic mass is 16.2. The van der Waals surface area contributed by atoms with Crippen molar-refractivity contribution < 1.29 is 4.79 Å². The van der Waals surface area contributed by atoms with E-state index < -0.39 is 0 Å². The van der Waals surface area contributed by atoms with Crippen molar-refractivity contribution >= 4 is 16.9 Å². The first-order chi connectivity index (χ1) is 13.2. The van der Waals surface area contributed by atoms with Crippen LogP contribution in [-0.2, 0) is 13.5 Å². The molecular formula is C20H18N6O. The molecule has 1 aromatic carbocycles. The summed E-state index contributed by atoms with van der Waals surface area (Å²) in [5, 5.41) is 0. The maximum Gasteiger partial charge on any atom is 0.254 e. The van der Waals surface area contributed by atoms with Crippen molar-refractivity contribution in [3.63, 3.8) is 0 Å². The van der Waals surface area contributed by atoms with Gasteiger partial charge in [-0.05, 0) is 29.8 Å². The third kappa shape index (κ3) is 2.51. The monoisotopic (exact) mass is 358 g/mol. The van der Waals surface area contributed by atoms with Gasteiger partial charge in [0.1, 0.15) is 6.04 Å². The van der Waals surface area contributed by atoms with Gasteiger partial charge in [0.15, 0.2) is 0 Å². The van der Waals surface area contributed by atoms with Gasteiger partial charge in [0.2, 0.25) is 0 Å². The fraction of sp³-hybridized carbons (Fsp3) is 0.200. The van der Waals surface area contributed by atoms with Gasteiger partial charge in [-0.1, -0.05) is 6.07 Å². The minimum Gasteiger partial charge on any atom is -0.348 e. The number of hydrogen-bond acceptors (Lipinski definition) is 4. The Bertz CT molecular complexity index is 1130. The molecule has 5 rings (SSSR count). The summed E-state index contributed by atoms with van der Waals surface area (Å²) in [6, 6.07) is 9.30. The summed E-state index contributed by atoms with van der Waals surface area (Å²) in [4.78, 5) is 31.6. The molecule has 0 radical (unpaired) electrons. The number of fused-ring (bicyclic) bond motifs is 2. The smallest absolute Gasteiger partial charge is 0.254 e. The van der Waals surface area contributed by atoms with Gasteiger partial charge in [0.05, 0.1) is 29.4 Å². The summed E-state index contributed by atoms with van der Waals surface area (Å²) >= 11 is 0. The Balaban J connectivity index is 1.58. The highest BCUT2D eigenvalue weighted by Crippen LogP contribution is 2.34. The second-order valence-corrected chi connectivity index (χ2v) is 6.76. The summed E-state index contributed by atoms with van der Waals surface area (Å²) in [6.45, 7) is 0.619. The molecule has 1 amide bonds. The number of aromatic nitrogens is 5. The molecule has 0 fully saturated rings. The first kappa shape index (κ1) is 15.7. The van der Waals surface area contributed by atoms with Crippen molar-refractivity contribution in [1.82, 2.24) is 29.4 Å². The second-order valence-electron chi connectivity index (χ2n) is 6.76. The molecule has 0 aliphatic carbocycles. The molecule has 1 aliphatic rings. The number of carbonyl (C=O) groups is 1. The molecule has 3 aromatic heterocycles. The summed E-state index contributed by atoms with van der Waals surface area (Å²) in [5.41, 5.74) is 5.38. The minimum absolute atomic E-state index is 0.0231. The van der Waals surface area contributed by atoms with Gasteiger partial charge < -0.3 is 14.5 Å². The van der Waals surface area contributed by atoms with E-state index in [2.05, 4.69) is 19.9 Å². The minimum atomic E-state index is -0.249. The molecule has 1 atom stereocenters. The number of H-pyrrole nitrogens is 1. The zero-order valence-corrected chi connectivity index (χ0v) is 14.8. The van der Waals surface area contributed by atoms with Crippen LogP contribution < -0.4 is 0 Å². The van der Waals surface area contributed by atoms with E-state index >= 15 is 0 Å². The van der Waals surface area contributed by atoms with Crippen LogP contribution in [0, 0.1) is 0 Å². The predicted octanol–water partition coefficient (Wildman–Crippen LogP) is 2.48. The van der Waals surface area contributed by atoms with Crippen molar-refractivity contribution in [2.75, 3.05) is 6.54 Å². The van der Waals surface area contributed by atoms with Crippen LogP contribution in [0.25, 0.3) is 11.0 Å². The second kappa shape index (κ2) is 6.05. The fourth-order valence-corrected chi connectivity index (χ4v) is 3.81. The van der Waals surface area contributed by atoms with Gasteiger partial charge in [-0.15, -0.1) is 0 Å². The van der Waals surface area contributed by atoms with E-state index in [1.807, 2.05) is 46.8 Å². The van der Waals surface area contributed by atoms with Gasteiger partial charge >= 0.3 is 0 Å². The van der Waals surface area contributed by atoms with Crippen molar-refractivity contribution in [1.29, 1.82) is 0 Å². The van der Waals surface area contributed by atoms with Crippen molar-refractivity contribution in [3.05, 3.63) is 77.9 Å². The summed E-state index contributed by atoms with van der Waals surface area (Å²) in [5.74, 6) is -0.0231. The van der Waals surface area contributed by atoms with E-state index in [9.17, 15) is 4.79 Å². The average Bonchev–Trinajstić information content (AvgIpc) is 3.33. The fourth-order valence-electron chi connectivity index (χ4n) is 3.81. The van der Waals surface area contributed by atoms with Crippen molar-refractivity contribution in [2.24, 2.45) is 7.05 Å². The number of hydrogen-bond donors (Lipinski definition) is 1. The molecule has 0 saturated carbocycles. The van der Waals surface area contributed by atoms with Crippen LogP contribution >= 0.6 is 0 Å². The van der Waals surface area contributed by atoms with E-state index in [1.165, 1.54) is 0 Å². The van der Waals surface area contributed by atoms with Crippen LogP contribution in [0.2, 0.25) is 0 Å². The van der Waals surface area contributed by atoms with E-state index in [-0.39, 0.29) is 11.9 Å². The van der Waals surface area contributed by atoms with Gasteiger partial charge in [0.25, 0.3) is 5.91 Å². The summed E-state index contributed by atoms with van der Waals surface area (Å²) in [6.07, 6.45) is 7.75. The quantitative estimate of drug-likeness (QED) is 0.597. The number of imidazole rings is 2. The molecule has 4 heterocycles. The van der Waals surface area contributed by atoms with Gasteiger partial charge in [-0.3, -0.25) is 9.78 Å². The lowest BCUT2D eigenvalue weighted by atomic mass is 9.96. The van der Waals surface area contributed by atoms with E-state index in [0.29, 0.717) is 12.1 Å². The maximum atomic E-state index is 13.4. The topological polar surface area (TPSA) is 79.7 Å². The summed E-state index contributed by atoms with van der Waals surface area (Å²) in [7, 11) is 1.94. The number of carbonyl (C=O) groups excluding carboxylic acids is 1. The van der Waals surface area contributed by atoms with Crippen LogP contribution in [0.5, 0.6) is 0 Å². The van der Waals surface area contributed by atoms with Crippen molar-refractivity contribution in [2.45, 2.75) is 12.5 Å². The van der Waals surface area contributed by atoms with E-state index in [1.54, 1.807) is 25.0 Å². The normalized spacial score (nSPS) is 16.5. The molecule has 0 saturated heterocycles. The van der Waals surface area contributed by atoms with Crippen LogP contribution in [-0.4, -0.2) is 41.9 Å². The Morgan fingerprint density at radius 2 is 2.19 bits per heavy atom. The standard InChI is InChI=1S/C20H18N6O/c1-25-12-24-16-9-13(4-5-17(16)25)20(27)26-8-6-15-18(23-11-22-15)19(26)14-3-2-7-21-10-14/h2-5,7,9-12,19H,6,8H2,1H3,(H,22,23). The molecule has 0 spiro atoms. The van der Waals surface area contributed by atoms with Crippen LogP contribution in [0.4, 0.5) is 0 Å². The third-order valence-electron chi connectivity index (χ3n) is 5.16. The lowest BCUT2D eigenvalue weighted by Gasteiger charge is -2.35. The Labute approximate surface area is 155 Å². The average molecular weight is 358 g/mol. The maximum absolute atomic E-state index is 13.4. The number of benzene rings is 1. The molecule has 7 heteroatoms. The van der Waals surface area contributed by atoms with Crippen molar-refractivity contribution in [3.8, 4) is 0 Å². The van der Waals surface area contributed by atoms with Crippen LogP contribution in [0.15, 0.2) is 55.4 Å². The Morgan fingerprint density at radius 1 is 1.26 bits per heavy atom. The molecule has 27 heavy (non-hydrogen) atoms. The Morgan fingerprint density at radius 3 is 3.04 bits per heavy atom. The predicted molar refractivity (Wildman–Crippen MR) is 100 cm³/mol. The highest BCUT2D eigenvalue weighted by molar-refractivity contribution is 5.98. The number of rotatable bonds is 2. The lowest BCUT2D eigenvalue weighted by molar-refractivity contribution is 0.0690. The summed E-state index contributed by atoms with van der Waals surface area (Å²) < 4.78 is 1.94. The number of nitrogens with zero attached hydrogens (tertiary/aromatic N) is 5. The Hall–Kier alpha value is -3.48. The zero-order valence-electron chi connectivity index (χ0n) is 14.8. The largest absolute Gasteiger partial charge is 0.348 e. The first-order valence-electron chi connectivity index (χ1n) is 8.86. The molecule has 7 nitrogen and oxygen atoms in total.